The Morgan fingerprint density at radius 1 is 1.17 bits per heavy atom. The fourth-order valence-electron chi connectivity index (χ4n) is 0. The average molecular weight is 149 g/mol. The zero-order valence-corrected chi connectivity index (χ0v) is 4.78. The second-order valence-electron chi connectivity index (χ2n) is 0.448. The van der Waals surface area contributed by atoms with E-state index in [9.17, 15) is 0 Å². The van der Waals surface area contributed by atoms with Gasteiger partial charge in [-0.05, 0) is 0 Å². The average Bonchev–Trinajstić information content (AvgIpc) is 0.722. The molecule has 0 aromatic heterocycles. The summed E-state index contributed by atoms with van der Waals surface area (Å²) >= 11 is 0. The van der Waals surface area contributed by atoms with Crippen molar-refractivity contribution in [1.82, 2.24) is 0 Å². The van der Waals surface area contributed by atoms with Gasteiger partial charge in [0.25, 0.3) is 0 Å². The molecule has 6 heteroatoms. The Balaban J connectivity index is 0. The molecule has 0 bridgehead atoms. The number of rotatable bonds is 0. The SMILES string of the molecule is O=S(=O)(O)O.[V]. The number of hydrogen-bond acceptors (Lipinski definition) is 2. The van der Waals surface area contributed by atoms with Gasteiger partial charge >= 0.3 is 10.4 Å². The van der Waals surface area contributed by atoms with Gasteiger partial charge in [-0.15, -0.1) is 0 Å². The van der Waals surface area contributed by atoms with Gasteiger partial charge in [0, 0.05) is 18.6 Å². The Hall–Kier alpha value is 0.454. The van der Waals surface area contributed by atoms with Crippen molar-refractivity contribution in [3.05, 3.63) is 0 Å². The molecule has 0 saturated carbocycles. The molecule has 2 N–H and O–H groups in total. The third-order valence-electron chi connectivity index (χ3n) is 0. The summed E-state index contributed by atoms with van der Waals surface area (Å²) in [7, 11) is -4.67. The van der Waals surface area contributed by atoms with Crippen LogP contribution in [-0.4, -0.2) is 17.5 Å². The van der Waals surface area contributed by atoms with Crippen molar-refractivity contribution in [2.45, 2.75) is 0 Å². The molecule has 37 valence electrons. The minimum atomic E-state index is -4.67. The van der Waals surface area contributed by atoms with Crippen LogP contribution in [0.15, 0.2) is 0 Å². The van der Waals surface area contributed by atoms with E-state index in [0.29, 0.717) is 0 Å². The van der Waals surface area contributed by atoms with E-state index >= 15 is 0 Å². The van der Waals surface area contributed by atoms with E-state index in [1.807, 2.05) is 0 Å². The van der Waals surface area contributed by atoms with Crippen LogP contribution in [0, 0.1) is 0 Å². The van der Waals surface area contributed by atoms with Crippen LogP contribution >= 0.6 is 0 Å². The van der Waals surface area contributed by atoms with Crippen LogP contribution in [0.1, 0.15) is 0 Å². The summed E-state index contributed by atoms with van der Waals surface area (Å²) < 4.78 is 31.6. The Morgan fingerprint density at radius 2 is 1.17 bits per heavy atom. The van der Waals surface area contributed by atoms with Crippen LogP contribution < -0.4 is 0 Å². The molecule has 0 aliphatic carbocycles. The Morgan fingerprint density at radius 3 is 1.17 bits per heavy atom. The van der Waals surface area contributed by atoms with Crippen LogP contribution in [0.4, 0.5) is 0 Å². The molecule has 0 aliphatic heterocycles. The maximum Gasteiger partial charge on any atom is 0.394 e. The van der Waals surface area contributed by atoms with E-state index in [0.717, 1.165) is 0 Å². The van der Waals surface area contributed by atoms with Gasteiger partial charge in [-0.3, -0.25) is 9.11 Å². The molecule has 0 aromatic rings. The summed E-state index contributed by atoms with van der Waals surface area (Å²) in [4.78, 5) is 0. The van der Waals surface area contributed by atoms with Crippen LogP contribution in [-0.2, 0) is 29.0 Å². The van der Waals surface area contributed by atoms with Gasteiger partial charge in [0.2, 0.25) is 0 Å². The van der Waals surface area contributed by atoms with Crippen LogP contribution in [0.2, 0.25) is 0 Å². The monoisotopic (exact) mass is 149 g/mol. The first-order valence-corrected chi connectivity index (χ1v) is 2.10. The van der Waals surface area contributed by atoms with E-state index in [2.05, 4.69) is 0 Å². The van der Waals surface area contributed by atoms with Crippen molar-refractivity contribution in [2.75, 3.05) is 0 Å². The molecule has 0 unspecified atom stereocenters. The van der Waals surface area contributed by atoms with E-state index < -0.39 is 10.4 Å². The molecule has 0 aromatic carbocycles. The van der Waals surface area contributed by atoms with Crippen molar-refractivity contribution < 1.29 is 36.1 Å². The fourth-order valence-corrected chi connectivity index (χ4v) is 0. The molecular weight excluding hydrogens is 147 g/mol. The summed E-state index contributed by atoms with van der Waals surface area (Å²) in [5.41, 5.74) is 0. The first-order valence-electron chi connectivity index (χ1n) is 0.698. The minimum absolute atomic E-state index is 0. The predicted octanol–water partition coefficient (Wildman–Crippen LogP) is -0.655. The zero-order chi connectivity index (χ0) is 4.50. The van der Waals surface area contributed by atoms with E-state index in [1.54, 1.807) is 0 Å². The molecule has 0 fully saturated rings. The predicted molar refractivity (Wildman–Crippen MR) is 14.2 cm³/mol. The number of hydrogen-bond donors (Lipinski definition) is 2. The van der Waals surface area contributed by atoms with Gasteiger partial charge in [-0.2, -0.15) is 8.42 Å². The third-order valence-corrected chi connectivity index (χ3v) is 0. The van der Waals surface area contributed by atoms with Gasteiger partial charge in [-0.1, -0.05) is 0 Å². The summed E-state index contributed by atoms with van der Waals surface area (Å²) in [6, 6.07) is 0. The smallest absolute Gasteiger partial charge is 0.264 e. The second-order valence-corrected chi connectivity index (χ2v) is 1.34. The summed E-state index contributed by atoms with van der Waals surface area (Å²) in [6.07, 6.45) is 0. The van der Waals surface area contributed by atoms with E-state index in [-0.39, 0.29) is 18.6 Å². The van der Waals surface area contributed by atoms with Crippen molar-refractivity contribution in [3.63, 3.8) is 0 Å². The van der Waals surface area contributed by atoms with Gasteiger partial charge in [0.1, 0.15) is 0 Å². The largest absolute Gasteiger partial charge is 0.394 e. The molecular formula is H2O4SV. The quantitative estimate of drug-likeness (QED) is 0.448. The Kier molecular flexibility index (Phi) is 4.19. The minimum Gasteiger partial charge on any atom is -0.264 e. The van der Waals surface area contributed by atoms with Gasteiger partial charge in [-0.25, -0.2) is 0 Å². The molecule has 6 heavy (non-hydrogen) atoms. The molecule has 1 radical (unpaired) electrons. The molecule has 0 rings (SSSR count). The molecule has 4 nitrogen and oxygen atoms in total. The van der Waals surface area contributed by atoms with Crippen LogP contribution in [0.25, 0.3) is 0 Å². The maximum absolute atomic E-state index is 8.74. The molecule has 0 atom stereocenters. The summed E-state index contributed by atoms with van der Waals surface area (Å²) in [6.45, 7) is 0. The zero-order valence-electron chi connectivity index (χ0n) is 2.57. The first kappa shape index (κ1) is 9.68. The van der Waals surface area contributed by atoms with Crippen molar-refractivity contribution >= 4 is 10.4 Å². The topological polar surface area (TPSA) is 74.6 Å². The fraction of sp³-hybridized carbons (Fsp3) is 0. The van der Waals surface area contributed by atoms with Crippen LogP contribution in [0.3, 0.4) is 0 Å². The molecule has 0 amide bonds. The van der Waals surface area contributed by atoms with Gasteiger partial charge < -0.3 is 0 Å². The second kappa shape index (κ2) is 2.60. The van der Waals surface area contributed by atoms with Gasteiger partial charge in [0.05, 0.1) is 0 Å². The Bertz CT molecular complexity index is 90.7. The van der Waals surface area contributed by atoms with Crippen molar-refractivity contribution in [2.24, 2.45) is 0 Å². The normalized spacial score (nSPS) is 9.67. The molecule has 0 aliphatic rings. The van der Waals surface area contributed by atoms with Gasteiger partial charge in [0.15, 0.2) is 0 Å². The van der Waals surface area contributed by atoms with Crippen molar-refractivity contribution in [3.8, 4) is 0 Å². The van der Waals surface area contributed by atoms with Crippen molar-refractivity contribution in [1.29, 1.82) is 0 Å². The third kappa shape index (κ3) is 257. The first-order chi connectivity index (χ1) is 2.00. The molecule has 0 spiro atoms. The Labute approximate surface area is 47.0 Å². The van der Waals surface area contributed by atoms with E-state index in [1.165, 1.54) is 0 Å². The maximum atomic E-state index is 8.74. The van der Waals surface area contributed by atoms with E-state index in [4.69, 9.17) is 17.5 Å². The molecule has 0 heterocycles. The molecule has 0 saturated heterocycles. The summed E-state index contributed by atoms with van der Waals surface area (Å²) in [5.74, 6) is 0. The summed E-state index contributed by atoms with van der Waals surface area (Å²) in [5, 5.41) is 0. The standard InChI is InChI=1S/H2O4S.V/c1-5(2,3)4;/h(H2,1,2,3,4);. The van der Waals surface area contributed by atoms with Crippen LogP contribution in [0.5, 0.6) is 0 Å².